The van der Waals surface area contributed by atoms with Gasteiger partial charge in [0.25, 0.3) is 0 Å². The van der Waals surface area contributed by atoms with Gasteiger partial charge in [0, 0.05) is 5.71 Å². The minimum absolute atomic E-state index is 0.118. The normalized spacial score (nSPS) is 25.1. The Morgan fingerprint density at radius 1 is 1.77 bits per heavy atom. The fraction of sp³-hybridized carbons (Fsp3) is 0.778. The Morgan fingerprint density at radius 2 is 2.54 bits per heavy atom. The van der Waals surface area contributed by atoms with Gasteiger partial charge in [0.15, 0.2) is 0 Å². The molecule has 1 rings (SSSR count). The lowest BCUT2D eigenvalue weighted by molar-refractivity contribution is -0.121. The summed E-state index contributed by atoms with van der Waals surface area (Å²) in [4.78, 5) is 10.9. The van der Waals surface area contributed by atoms with Crippen molar-refractivity contribution in [3.8, 4) is 0 Å². The predicted molar refractivity (Wildman–Crippen MR) is 50.3 cm³/mol. The molecule has 0 aliphatic heterocycles. The van der Waals surface area contributed by atoms with E-state index in [4.69, 9.17) is 5.11 Å². The highest BCUT2D eigenvalue weighted by Gasteiger charge is 2.16. The molecular formula is C9H16N2O2. The number of carbonyl (C=O) groups excluding carboxylic acids is 1. The summed E-state index contributed by atoms with van der Waals surface area (Å²) in [5.41, 5.74) is 3.50. The Hall–Kier alpha value is -0.900. The monoisotopic (exact) mass is 184 g/mol. The van der Waals surface area contributed by atoms with Gasteiger partial charge in [0.2, 0.25) is 5.91 Å². The van der Waals surface area contributed by atoms with Gasteiger partial charge < -0.3 is 5.11 Å². The molecule has 1 unspecified atom stereocenters. The Balaban J connectivity index is 2.27. The number of hydrazone groups is 1. The maximum absolute atomic E-state index is 10.9. The Bertz CT molecular complexity index is 214. The second-order valence-electron chi connectivity index (χ2n) is 3.53. The van der Waals surface area contributed by atoms with E-state index in [9.17, 15) is 4.79 Å². The van der Waals surface area contributed by atoms with Gasteiger partial charge in [-0.25, -0.2) is 5.43 Å². The first-order valence-electron chi connectivity index (χ1n) is 4.67. The van der Waals surface area contributed by atoms with Crippen LogP contribution in [0, 0.1) is 5.92 Å². The molecule has 0 saturated heterocycles. The lowest BCUT2D eigenvalue weighted by atomic mass is 10.1. The molecule has 2 N–H and O–H groups in total. The van der Waals surface area contributed by atoms with Gasteiger partial charge in [-0.05, 0) is 25.2 Å². The van der Waals surface area contributed by atoms with Crippen molar-refractivity contribution in [3.05, 3.63) is 0 Å². The van der Waals surface area contributed by atoms with Gasteiger partial charge in [-0.2, -0.15) is 5.10 Å². The fourth-order valence-electron chi connectivity index (χ4n) is 1.42. The quantitative estimate of drug-likeness (QED) is 0.633. The van der Waals surface area contributed by atoms with E-state index in [1.807, 2.05) is 0 Å². The number of carbonyl (C=O) groups is 1. The fourth-order valence-corrected chi connectivity index (χ4v) is 1.42. The van der Waals surface area contributed by atoms with Crippen molar-refractivity contribution in [2.24, 2.45) is 11.0 Å². The third-order valence-corrected chi connectivity index (χ3v) is 2.19. The lowest BCUT2D eigenvalue weighted by Crippen LogP contribution is -2.19. The summed E-state index contributed by atoms with van der Waals surface area (Å²) >= 11 is 0. The van der Waals surface area contributed by atoms with E-state index in [2.05, 4.69) is 17.5 Å². The number of nitrogens with zero attached hydrogens (tertiary/aromatic N) is 1. The van der Waals surface area contributed by atoms with Crippen LogP contribution in [-0.2, 0) is 4.79 Å². The van der Waals surface area contributed by atoms with E-state index in [-0.39, 0.29) is 18.9 Å². The second-order valence-corrected chi connectivity index (χ2v) is 3.53. The number of aliphatic hydroxyl groups is 1. The average molecular weight is 184 g/mol. The summed E-state index contributed by atoms with van der Waals surface area (Å²) < 4.78 is 0. The van der Waals surface area contributed by atoms with E-state index in [0.717, 1.165) is 25.0 Å². The summed E-state index contributed by atoms with van der Waals surface area (Å²) in [7, 11) is 0. The smallest absolute Gasteiger partial charge is 0.242 e. The second kappa shape index (κ2) is 4.97. The molecule has 0 heterocycles. The van der Waals surface area contributed by atoms with E-state index in [0.29, 0.717) is 5.92 Å². The van der Waals surface area contributed by atoms with Crippen LogP contribution in [0.15, 0.2) is 5.10 Å². The molecule has 4 nitrogen and oxygen atoms in total. The van der Waals surface area contributed by atoms with Gasteiger partial charge in [-0.1, -0.05) is 6.92 Å². The molecule has 0 radical (unpaired) electrons. The number of hydrogen-bond acceptors (Lipinski definition) is 3. The van der Waals surface area contributed by atoms with Crippen LogP contribution >= 0.6 is 0 Å². The molecule has 0 spiro atoms. The number of amides is 1. The molecule has 0 aromatic heterocycles. The van der Waals surface area contributed by atoms with Crippen molar-refractivity contribution in [2.45, 2.75) is 32.6 Å². The van der Waals surface area contributed by atoms with Crippen LogP contribution in [0.2, 0.25) is 0 Å². The standard InChI is InChI=1S/C9H16N2O2/c1-7-2-3-8(6-7)10-11-9(13)4-5-12/h7,12H,2-6H2,1H3,(H,11,13)/b10-8-. The summed E-state index contributed by atoms with van der Waals surface area (Å²) in [5, 5.41) is 12.5. The van der Waals surface area contributed by atoms with Crippen molar-refractivity contribution < 1.29 is 9.90 Å². The molecule has 1 aliphatic carbocycles. The number of rotatable bonds is 3. The first-order chi connectivity index (χ1) is 6.22. The number of aliphatic hydroxyl groups excluding tert-OH is 1. The van der Waals surface area contributed by atoms with E-state index in [1.165, 1.54) is 0 Å². The maximum atomic E-state index is 10.9. The molecule has 74 valence electrons. The molecule has 0 bridgehead atoms. The van der Waals surface area contributed by atoms with Gasteiger partial charge in [0.05, 0.1) is 13.0 Å². The molecule has 1 aliphatic rings. The van der Waals surface area contributed by atoms with E-state index < -0.39 is 0 Å². The predicted octanol–water partition coefficient (Wildman–Crippen LogP) is 0.661. The molecule has 0 aromatic rings. The zero-order chi connectivity index (χ0) is 9.68. The van der Waals surface area contributed by atoms with Crippen LogP contribution in [0.4, 0.5) is 0 Å². The van der Waals surface area contributed by atoms with Gasteiger partial charge in [-0.3, -0.25) is 4.79 Å². The summed E-state index contributed by atoms with van der Waals surface area (Å²) in [6.45, 7) is 2.06. The van der Waals surface area contributed by atoms with Crippen LogP contribution in [0.25, 0.3) is 0 Å². The van der Waals surface area contributed by atoms with Crippen LogP contribution in [-0.4, -0.2) is 23.3 Å². The molecule has 1 fully saturated rings. The molecule has 1 saturated carbocycles. The molecule has 1 amide bonds. The van der Waals surface area contributed by atoms with Gasteiger partial charge in [0.1, 0.15) is 0 Å². The average Bonchev–Trinajstić information content (AvgIpc) is 2.49. The highest BCUT2D eigenvalue weighted by atomic mass is 16.3. The van der Waals surface area contributed by atoms with Gasteiger partial charge in [-0.15, -0.1) is 0 Å². The Labute approximate surface area is 78.0 Å². The van der Waals surface area contributed by atoms with E-state index in [1.54, 1.807) is 0 Å². The lowest BCUT2D eigenvalue weighted by Gasteiger charge is -1.99. The number of nitrogens with one attached hydrogen (secondary N) is 1. The van der Waals surface area contributed by atoms with Crippen molar-refractivity contribution in [1.82, 2.24) is 5.43 Å². The minimum Gasteiger partial charge on any atom is -0.396 e. The zero-order valence-electron chi connectivity index (χ0n) is 7.92. The van der Waals surface area contributed by atoms with Crippen molar-refractivity contribution >= 4 is 11.6 Å². The summed E-state index contributed by atoms with van der Waals surface area (Å²) in [6.07, 6.45) is 3.26. The number of hydrogen-bond donors (Lipinski definition) is 2. The SMILES string of the molecule is CC1CC/C(=N/NC(=O)CCO)C1. The molecule has 1 atom stereocenters. The molecule has 13 heavy (non-hydrogen) atoms. The van der Waals surface area contributed by atoms with Crippen molar-refractivity contribution in [2.75, 3.05) is 6.61 Å². The summed E-state index contributed by atoms with van der Waals surface area (Å²) in [5.74, 6) is 0.475. The highest BCUT2D eigenvalue weighted by Crippen LogP contribution is 2.21. The van der Waals surface area contributed by atoms with Crippen LogP contribution in [0.3, 0.4) is 0 Å². The van der Waals surface area contributed by atoms with Crippen molar-refractivity contribution in [1.29, 1.82) is 0 Å². The van der Waals surface area contributed by atoms with Gasteiger partial charge >= 0.3 is 0 Å². The van der Waals surface area contributed by atoms with Crippen molar-refractivity contribution in [3.63, 3.8) is 0 Å². The minimum atomic E-state index is -0.213. The van der Waals surface area contributed by atoms with E-state index >= 15 is 0 Å². The third kappa shape index (κ3) is 3.55. The molecule has 4 heteroatoms. The van der Waals surface area contributed by atoms with Crippen LogP contribution in [0.1, 0.15) is 32.6 Å². The topological polar surface area (TPSA) is 61.7 Å². The molecular weight excluding hydrogens is 168 g/mol. The largest absolute Gasteiger partial charge is 0.396 e. The third-order valence-electron chi connectivity index (χ3n) is 2.19. The zero-order valence-corrected chi connectivity index (χ0v) is 7.92. The molecule has 0 aromatic carbocycles. The van der Waals surface area contributed by atoms with Crippen LogP contribution < -0.4 is 5.43 Å². The maximum Gasteiger partial charge on any atom is 0.242 e. The first-order valence-corrected chi connectivity index (χ1v) is 4.67. The first kappa shape index (κ1) is 10.2. The Kier molecular flexibility index (Phi) is 3.89. The van der Waals surface area contributed by atoms with Crippen LogP contribution in [0.5, 0.6) is 0 Å². The summed E-state index contributed by atoms with van der Waals surface area (Å²) in [6, 6.07) is 0. The Morgan fingerprint density at radius 3 is 3.08 bits per heavy atom. The highest BCUT2D eigenvalue weighted by molar-refractivity contribution is 5.88.